The molecule has 1 aromatic heterocycles. The van der Waals surface area contributed by atoms with Crippen molar-refractivity contribution in [1.82, 2.24) is 4.57 Å². The number of halogens is 1. The second-order valence-corrected chi connectivity index (χ2v) is 9.50. The molecule has 5 nitrogen and oxygen atoms in total. The number of benzene rings is 4. The van der Waals surface area contributed by atoms with Crippen molar-refractivity contribution in [2.24, 2.45) is 7.05 Å². The normalized spacial score (nSPS) is 10.8. The highest BCUT2D eigenvalue weighted by Gasteiger charge is 2.21. The molecule has 0 aliphatic heterocycles. The number of nitrogens with zero attached hydrogens (tertiary/aromatic N) is 2. The lowest BCUT2D eigenvalue weighted by atomic mass is 9.99. The number of aromatic nitrogens is 1. The molecular formula is C33H28FN3O2. The smallest absolute Gasteiger partial charge is 0.256 e. The molecule has 4 aromatic carbocycles. The first-order valence-corrected chi connectivity index (χ1v) is 12.6. The van der Waals surface area contributed by atoms with Gasteiger partial charge in [0.1, 0.15) is 11.6 Å². The first kappa shape index (κ1) is 25.7. The summed E-state index contributed by atoms with van der Waals surface area (Å²) in [5.74, 6) is 0.0168. The highest BCUT2D eigenvalue weighted by Crippen LogP contribution is 2.34. The number of rotatable bonds is 7. The largest absolute Gasteiger partial charge is 0.335 e. The van der Waals surface area contributed by atoms with Crippen LogP contribution < -0.4 is 10.2 Å². The van der Waals surface area contributed by atoms with E-state index < -0.39 is 0 Å². The first-order chi connectivity index (χ1) is 18.9. The molecule has 6 heteroatoms. The van der Waals surface area contributed by atoms with Crippen molar-refractivity contribution in [2.75, 3.05) is 10.2 Å². The summed E-state index contributed by atoms with van der Waals surface area (Å²) in [5, 5.41) is 3.00. The summed E-state index contributed by atoms with van der Waals surface area (Å²) in [6.45, 7) is 3.92. The van der Waals surface area contributed by atoms with Crippen LogP contribution in [0.25, 0.3) is 22.3 Å². The van der Waals surface area contributed by atoms with Crippen molar-refractivity contribution in [3.05, 3.63) is 126 Å². The molecule has 0 bridgehead atoms. The summed E-state index contributed by atoms with van der Waals surface area (Å²) in [5.41, 5.74) is 7.32. The predicted molar refractivity (Wildman–Crippen MR) is 155 cm³/mol. The van der Waals surface area contributed by atoms with E-state index in [-0.39, 0.29) is 11.7 Å². The lowest BCUT2D eigenvalue weighted by Crippen LogP contribution is -2.18. The maximum atomic E-state index is 13.5. The fourth-order valence-corrected chi connectivity index (χ4v) is 4.76. The van der Waals surface area contributed by atoms with Gasteiger partial charge < -0.3 is 9.88 Å². The molecule has 0 aliphatic carbocycles. The van der Waals surface area contributed by atoms with Crippen LogP contribution >= 0.6 is 0 Å². The highest BCUT2D eigenvalue weighted by molar-refractivity contribution is 6.09. The number of hydrogen-bond acceptors (Lipinski definition) is 2. The molecule has 1 N–H and O–H groups in total. The van der Waals surface area contributed by atoms with Gasteiger partial charge in [0.25, 0.3) is 5.91 Å². The molecule has 0 atom stereocenters. The maximum absolute atomic E-state index is 13.5. The zero-order valence-electron chi connectivity index (χ0n) is 22.0. The molecule has 0 fully saturated rings. The van der Waals surface area contributed by atoms with E-state index in [1.54, 1.807) is 35.4 Å². The van der Waals surface area contributed by atoms with E-state index in [0.717, 1.165) is 28.7 Å². The van der Waals surface area contributed by atoms with Gasteiger partial charge in [0.15, 0.2) is 0 Å². The second kappa shape index (κ2) is 10.8. The lowest BCUT2D eigenvalue weighted by Gasteiger charge is -2.20. The maximum Gasteiger partial charge on any atom is 0.256 e. The number of nitrogens with one attached hydrogen (secondary N) is 1. The van der Waals surface area contributed by atoms with Gasteiger partial charge >= 0.3 is 0 Å². The summed E-state index contributed by atoms with van der Waals surface area (Å²) in [6.07, 6.45) is 2.57. The molecule has 0 spiro atoms. The van der Waals surface area contributed by atoms with E-state index in [0.29, 0.717) is 28.3 Å². The van der Waals surface area contributed by atoms with E-state index in [4.69, 9.17) is 0 Å². The Balaban J connectivity index is 1.42. The van der Waals surface area contributed by atoms with Crippen LogP contribution in [-0.2, 0) is 11.8 Å². The highest BCUT2D eigenvalue weighted by atomic mass is 19.1. The lowest BCUT2D eigenvalue weighted by molar-refractivity contribution is -0.106. The third-order valence-electron chi connectivity index (χ3n) is 6.84. The molecular weight excluding hydrogens is 489 g/mol. The van der Waals surface area contributed by atoms with Crippen molar-refractivity contribution in [3.63, 3.8) is 0 Å². The van der Waals surface area contributed by atoms with Crippen LogP contribution in [0.5, 0.6) is 0 Å². The molecule has 5 rings (SSSR count). The molecule has 2 amide bonds. The molecule has 0 radical (unpaired) electrons. The second-order valence-electron chi connectivity index (χ2n) is 9.50. The minimum absolute atomic E-state index is 0.296. The zero-order chi connectivity index (χ0) is 27.5. The van der Waals surface area contributed by atoms with Gasteiger partial charge in [-0.3, -0.25) is 14.5 Å². The van der Waals surface area contributed by atoms with Crippen LogP contribution in [0, 0.1) is 19.7 Å². The van der Waals surface area contributed by atoms with E-state index in [9.17, 15) is 14.0 Å². The number of amides is 2. The summed E-state index contributed by atoms with van der Waals surface area (Å²) in [6, 6.07) is 29.3. The van der Waals surface area contributed by atoms with Crippen molar-refractivity contribution in [2.45, 2.75) is 13.8 Å². The van der Waals surface area contributed by atoms with Crippen LogP contribution in [0.1, 0.15) is 21.5 Å². The van der Waals surface area contributed by atoms with Crippen LogP contribution in [0.4, 0.5) is 21.6 Å². The van der Waals surface area contributed by atoms with Crippen LogP contribution in [0.2, 0.25) is 0 Å². The molecule has 5 aromatic rings. The summed E-state index contributed by atoms with van der Waals surface area (Å²) in [4.78, 5) is 27.2. The Morgan fingerprint density at radius 2 is 1.41 bits per heavy atom. The Morgan fingerprint density at radius 1 is 0.821 bits per heavy atom. The Kier molecular flexibility index (Phi) is 7.10. The molecule has 0 saturated carbocycles. The third-order valence-corrected chi connectivity index (χ3v) is 6.84. The number of carbonyl (C=O) groups excluding carboxylic acids is 2. The number of hydrogen-bond donors (Lipinski definition) is 1. The van der Waals surface area contributed by atoms with E-state index >= 15 is 0 Å². The summed E-state index contributed by atoms with van der Waals surface area (Å²) in [7, 11) is 1.83. The summed E-state index contributed by atoms with van der Waals surface area (Å²) >= 11 is 0. The Bertz CT molecular complexity index is 1640. The van der Waals surface area contributed by atoms with Crippen molar-refractivity contribution < 1.29 is 14.0 Å². The van der Waals surface area contributed by atoms with Gasteiger partial charge in [-0.1, -0.05) is 72.3 Å². The standard InChI is InChI=1S/C33H28FN3O2/c1-22-8-10-24(11-9-22)25-14-18-28(19-15-25)37(21-38)33-23(2)31(20-36(33)3)35-32(39)30-7-5-4-6-29(30)26-12-16-27(34)17-13-26/h4-21H,1-3H3,(H,35,39). The van der Waals surface area contributed by atoms with E-state index in [1.807, 2.05) is 54.9 Å². The van der Waals surface area contributed by atoms with Crippen LogP contribution in [0.3, 0.4) is 0 Å². The van der Waals surface area contributed by atoms with Gasteiger partial charge in [0, 0.05) is 24.4 Å². The van der Waals surface area contributed by atoms with Gasteiger partial charge in [-0.25, -0.2) is 4.39 Å². The van der Waals surface area contributed by atoms with Gasteiger partial charge in [0.05, 0.1) is 11.4 Å². The summed E-state index contributed by atoms with van der Waals surface area (Å²) < 4.78 is 15.3. The zero-order valence-corrected chi connectivity index (χ0v) is 22.0. The van der Waals surface area contributed by atoms with Gasteiger partial charge in [-0.2, -0.15) is 0 Å². The molecule has 194 valence electrons. The number of aryl methyl sites for hydroxylation is 2. The van der Waals surface area contributed by atoms with E-state index in [1.165, 1.54) is 17.7 Å². The SMILES string of the molecule is Cc1ccc(-c2ccc(N(C=O)c3c(C)c(NC(=O)c4ccccc4-c4ccc(F)cc4)cn3C)cc2)cc1. The Hall–Kier alpha value is -4.97. The van der Waals surface area contributed by atoms with Crippen LogP contribution in [-0.4, -0.2) is 16.9 Å². The van der Waals surface area contributed by atoms with Gasteiger partial charge in [-0.15, -0.1) is 0 Å². The van der Waals surface area contributed by atoms with Gasteiger partial charge in [-0.05, 0) is 66.4 Å². The third kappa shape index (κ3) is 5.22. The number of carbonyl (C=O) groups is 2. The monoisotopic (exact) mass is 517 g/mol. The minimum Gasteiger partial charge on any atom is -0.335 e. The molecule has 1 heterocycles. The van der Waals surface area contributed by atoms with Crippen molar-refractivity contribution in [1.29, 1.82) is 0 Å². The predicted octanol–water partition coefficient (Wildman–Crippen LogP) is 7.66. The van der Waals surface area contributed by atoms with Crippen molar-refractivity contribution in [3.8, 4) is 22.3 Å². The first-order valence-electron chi connectivity index (χ1n) is 12.6. The fourth-order valence-electron chi connectivity index (χ4n) is 4.76. The number of anilines is 3. The van der Waals surface area contributed by atoms with E-state index in [2.05, 4.69) is 36.5 Å². The quantitative estimate of drug-likeness (QED) is 0.225. The Labute approximate surface area is 227 Å². The Morgan fingerprint density at radius 3 is 2.05 bits per heavy atom. The van der Waals surface area contributed by atoms with Crippen molar-refractivity contribution >= 4 is 29.5 Å². The van der Waals surface area contributed by atoms with Crippen LogP contribution in [0.15, 0.2) is 103 Å². The fraction of sp³-hybridized carbons (Fsp3) is 0.0909. The average molecular weight is 518 g/mol. The molecule has 0 unspecified atom stereocenters. The van der Waals surface area contributed by atoms with Gasteiger partial charge in [0.2, 0.25) is 6.41 Å². The molecule has 0 aliphatic rings. The molecule has 0 saturated heterocycles. The average Bonchev–Trinajstić information content (AvgIpc) is 3.22. The minimum atomic E-state index is -0.336. The molecule has 39 heavy (non-hydrogen) atoms. The topological polar surface area (TPSA) is 54.3 Å².